The summed E-state index contributed by atoms with van der Waals surface area (Å²) < 4.78 is 0. The summed E-state index contributed by atoms with van der Waals surface area (Å²) in [7, 11) is 0. The molecule has 17 heavy (non-hydrogen) atoms. The largest absolute Gasteiger partial charge is 0.384 e. The summed E-state index contributed by atoms with van der Waals surface area (Å²) in [5.41, 5.74) is 8.36. The Kier molecular flexibility index (Phi) is 3.40. The second kappa shape index (κ2) is 5.16. The third-order valence-electron chi connectivity index (χ3n) is 2.54. The first-order valence-corrected chi connectivity index (χ1v) is 5.48. The fourth-order valence-corrected chi connectivity index (χ4v) is 1.67. The minimum Gasteiger partial charge on any atom is -0.384 e. The van der Waals surface area contributed by atoms with Gasteiger partial charge in [0.2, 0.25) is 0 Å². The summed E-state index contributed by atoms with van der Waals surface area (Å²) in [5, 5.41) is 10.8. The van der Waals surface area contributed by atoms with Crippen LogP contribution >= 0.6 is 0 Å². The molecule has 0 fully saturated rings. The van der Waals surface area contributed by atoms with Crippen molar-refractivity contribution in [2.75, 3.05) is 5.32 Å². The van der Waals surface area contributed by atoms with Crippen LogP contribution in [0.2, 0.25) is 0 Å². The number of nitrogens with one attached hydrogen (secondary N) is 2. The van der Waals surface area contributed by atoms with Crippen molar-refractivity contribution in [3.8, 4) is 0 Å². The zero-order valence-electron chi connectivity index (χ0n) is 9.48. The Bertz CT molecular complexity index is 506. The molecule has 2 rings (SSSR count). The Balaban J connectivity index is 2.12. The van der Waals surface area contributed by atoms with E-state index in [9.17, 15) is 0 Å². The predicted octanol–water partition coefficient (Wildman–Crippen LogP) is 2.58. The molecule has 0 aromatic heterocycles. The van der Waals surface area contributed by atoms with Gasteiger partial charge in [-0.2, -0.15) is 0 Å². The molecule has 0 heterocycles. The number of nitrogen functional groups attached to an aromatic ring is 1. The Morgan fingerprint density at radius 1 is 1.00 bits per heavy atom. The fraction of sp³-hybridized carbons (Fsp3) is 0.0714. The van der Waals surface area contributed by atoms with E-state index >= 15 is 0 Å². The molecule has 0 aliphatic rings. The van der Waals surface area contributed by atoms with Gasteiger partial charge in [-0.25, -0.2) is 0 Å². The third-order valence-corrected chi connectivity index (χ3v) is 2.54. The number of para-hydroxylation sites is 1. The minimum atomic E-state index is 0.0844. The highest BCUT2D eigenvalue weighted by molar-refractivity contribution is 6.00. The maximum atomic E-state index is 7.50. The zero-order chi connectivity index (χ0) is 12.1. The summed E-state index contributed by atoms with van der Waals surface area (Å²) >= 11 is 0. The van der Waals surface area contributed by atoms with Gasteiger partial charge in [-0.15, -0.1) is 0 Å². The zero-order valence-corrected chi connectivity index (χ0v) is 9.48. The first kappa shape index (κ1) is 11.2. The molecule has 0 unspecified atom stereocenters. The van der Waals surface area contributed by atoms with Crippen molar-refractivity contribution in [1.82, 2.24) is 0 Å². The Morgan fingerprint density at radius 2 is 1.65 bits per heavy atom. The van der Waals surface area contributed by atoms with Gasteiger partial charge in [0.1, 0.15) is 5.84 Å². The SMILES string of the molecule is N=C(N)c1ccccc1NCc1ccccc1. The van der Waals surface area contributed by atoms with Crippen LogP contribution in [0.4, 0.5) is 5.69 Å². The van der Waals surface area contributed by atoms with Gasteiger partial charge in [-0.3, -0.25) is 5.41 Å². The molecule has 0 atom stereocenters. The Hall–Kier alpha value is -2.29. The second-order valence-electron chi connectivity index (χ2n) is 3.80. The van der Waals surface area contributed by atoms with Gasteiger partial charge in [0.15, 0.2) is 0 Å². The number of rotatable bonds is 4. The lowest BCUT2D eigenvalue weighted by molar-refractivity contribution is 1.15. The molecule has 2 aromatic carbocycles. The van der Waals surface area contributed by atoms with Crippen molar-refractivity contribution >= 4 is 11.5 Å². The van der Waals surface area contributed by atoms with Gasteiger partial charge in [0.25, 0.3) is 0 Å². The maximum absolute atomic E-state index is 7.50. The maximum Gasteiger partial charge on any atom is 0.124 e. The predicted molar refractivity (Wildman–Crippen MR) is 71.2 cm³/mol. The smallest absolute Gasteiger partial charge is 0.124 e. The number of hydrogen-bond acceptors (Lipinski definition) is 2. The monoisotopic (exact) mass is 225 g/mol. The van der Waals surface area contributed by atoms with Crippen LogP contribution in [0, 0.1) is 5.41 Å². The van der Waals surface area contributed by atoms with Crippen LogP contribution in [-0.2, 0) is 6.54 Å². The highest BCUT2D eigenvalue weighted by Gasteiger charge is 2.03. The van der Waals surface area contributed by atoms with E-state index in [2.05, 4.69) is 17.4 Å². The summed E-state index contributed by atoms with van der Waals surface area (Å²) in [6.45, 7) is 0.727. The van der Waals surface area contributed by atoms with Crippen molar-refractivity contribution in [3.05, 3.63) is 65.7 Å². The molecule has 0 saturated heterocycles. The van der Waals surface area contributed by atoms with Gasteiger partial charge in [-0.1, -0.05) is 42.5 Å². The molecule has 0 saturated carbocycles. The van der Waals surface area contributed by atoms with Crippen molar-refractivity contribution in [3.63, 3.8) is 0 Å². The van der Waals surface area contributed by atoms with E-state index in [4.69, 9.17) is 11.1 Å². The van der Waals surface area contributed by atoms with Crippen LogP contribution < -0.4 is 11.1 Å². The second-order valence-corrected chi connectivity index (χ2v) is 3.80. The molecule has 0 bridgehead atoms. The highest BCUT2D eigenvalue weighted by Crippen LogP contribution is 2.15. The first-order valence-electron chi connectivity index (χ1n) is 5.48. The lowest BCUT2D eigenvalue weighted by Crippen LogP contribution is -2.14. The van der Waals surface area contributed by atoms with Crippen LogP contribution in [0.3, 0.4) is 0 Å². The first-order chi connectivity index (χ1) is 8.27. The Labute approximate surface area is 101 Å². The van der Waals surface area contributed by atoms with Crippen LogP contribution in [0.25, 0.3) is 0 Å². The number of benzene rings is 2. The highest BCUT2D eigenvalue weighted by atomic mass is 14.9. The normalized spacial score (nSPS) is 9.88. The molecule has 0 spiro atoms. The van der Waals surface area contributed by atoms with Gasteiger partial charge in [-0.05, 0) is 17.7 Å². The molecule has 3 nitrogen and oxygen atoms in total. The molecule has 0 amide bonds. The van der Waals surface area contributed by atoms with E-state index in [0.717, 1.165) is 17.8 Å². The van der Waals surface area contributed by atoms with Gasteiger partial charge >= 0.3 is 0 Å². The molecule has 3 heteroatoms. The van der Waals surface area contributed by atoms with Crippen molar-refractivity contribution in [1.29, 1.82) is 5.41 Å². The van der Waals surface area contributed by atoms with Crippen LogP contribution in [0.1, 0.15) is 11.1 Å². The van der Waals surface area contributed by atoms with E-state index in [1.54, 1.807) is 0 Å². The van der Waals surface area contributed by atoms with Crippen molar-refractivity contribution in [2.24, 2.45) is 5.73 Å². The molecule has 4 N–H and O–H groups in total. The topological polar surface area (TPSA) is 61.9 Å². The summed E-state index contributed by atoms with van der Waals surface area (Å²) in [5.74, 6) is 0.0844. The van der Waals surface area contributed by atoms with E-state index in [1.807, 2.05) is 42.5 Å². The van der Waals surface area contributed by atoms with E-state index in [1.165, 1.54) is 5.56 Å². The summed E-state index contributed by atoms with van der Waals surface area (Å²) in [6.07, 6.45) is 0. The summed E-state index contributed by atoms with van der Waals surface area (Å²) in [6, 6.07) is 17.7. The number of anilines is 1. The lowest BCUT2D eigenvalue weighted by atomic mass is 10.1. The van der Waals surface area contributed by atoms with Gasteiger partial charge in [0.05, 0.1) is 0 Å². The molecular formula is C14H15N3. The van der Waals surface area contributed by atoms with Crippen molar-refractivity contribution < 1.29 is 0 Å². The van der Waals surface area contributed by atoms with Crippen molar-refractivity contribution in [2.45, 2.75) is 6.54 Å². The average Bonchev–Trinajstić information content (AvgIpc) is 2.38. The average molecular weight is 225 g/mol. The van der Waals surface area contributed by atoms with Crippen LogP contribution in [0.15, 0.2) is 54.6 Å². The molecule has 2 aromatic rings. The molecular weight excluding hydrogens is 210 g/mol. The Morgan fingerprint density at radius 3 is 2.35 bits per heavy atom. The van der Waals surface area contributed by atoms with Gasteiger partial charge in [0, 0.05) is 17.8 Å². The van der Waals surface area contributed by atoms with E-state index in [0.29, 0.717) is 0 Å². The lowest BCUT2D eigenvalue weighted by Gasteiger charge is -2.10. The van der Waals surface area contributed by atoms with E-state index < -0.39 is 0 Å². The molecule has 86 valence electrons. The number of nitrogens with two attached hydrogens (primary N) is 1. The third kappa shape index (κ3) is 2.84. The molecule has 0 aliphatic heterocycles. The van der Waals surface area contributed by atoms with Crippen LogP contribution in [-0.4, -0.2) is 5.84 Å². The number of hydrogen-bond donors (Lipinski definition) is 3. The van der Waals surface area contributed by atoms with E-state index in [-0.39, 0.29) is 5.84 Å². The fourth-order valence-electron chi connectivity index (χ4n) is 1.67. The van der Waals surface area contributed by atoms with Gasteiger partial charge < -0.3 is 11.1 Å². The summed E-state index contributed by atoms with van der Waals surface area (Å²) in [4.78, 5) is 0. The minimum absolute atomic E-state index is 0.0844. The molecule has 0 radical (unpaired) electrons. The van der Waals surface area contributed by atoms with Crippen LogP contribution in [0.5, 0.6) is 0 Å². The molecule has 0 aliphatic carbocycles. The quantitative estimate of drug-likeness (QED) is 0.553. The standard InChI is InChI=1S/C14H15N3/c15-14(16)12-8-4-5-9-13(12)17-10-11-6-2-1-3-7-11/h1-9,17H,10H2,(H3,15,16). The number of amidine groups is 1.